The molecule has 11 heterocycles. The van der Waals surface area contributed by atoms with Crippen LogP contribution >= 0.6 is 22.7 Å². The smallest absolute Gasteiger partial charge is 0.235 e. The molecule has 30 aromatic rings. The van der Waals surface area contributed by atoms with Crippen LogP contribution in [-0.4, -0.2) is 43.6 Å². The Morgan fingerprint density at radius 3 is 1.24 bits per heavy atom. The summed E-state index contributed by atoms with van der Waals surface area (Å²) in [5, 5.41) is 18.7. The predicted octanol–water partition coefficient (Wildman–Crippen LogP) is 35.1. The third-order valence-electron chi connectivity index (χ3n) is 29.0. The highest BCUT2D eigenvalue weighted by Crippen LogP contribution is 2.52. The molecule has 143 heavy (non-hydrogen) atoms. The van der Waals surface area contributed by atoms with Crippen molar-refractivity contribution in [3.05, 3.63) is 454 Å². The molecular weight excluding hydrogens is 1790 g/mol. The van der Waals surface area contributed by atoms with Crippen molar-refractivity contribution in [2.45, 2.75) is 19.3 Å². The summed E-state index contributed by atoms with van der Waals surface area (Å²) in [7, 11) is 0. The van der Waals surface area contributed by atoms with Gasteiger partial charge in [0.1, 0.15) is 33.5 Å². The zero-order valence-corrected chi connectivity index (χ0v) is 78.8. The van der Waals surface area contributed by atoms with Gasteiger partial charge >= 0.3 is 0 Å². The van der Waals surface area contributed by atoms with Gasteiger partial charge in [-0.05, 0) is 165 Å². The van der Waals surface area contributed by atoms with Gasteiger partial charge in [-0.1, -0.05) is 329 Å². The highest BCUT2D eigenvalue weighted by Gasteiger charge is 2.36. The van der Waals surface area contributed by atoms with Gasteiger partial charge in [0.05, 0.1) is 55.9 Å². The molecule has 0 fully saturated rings. The fourth-order valence-corrected chi connectivity index (χ4v) is 24.6. The van der Waals surface area contributed by atoms with Crippen LogP contribution in [0.5, 0.6) is 0 Å². The molecule has 670 valence electrons. The van der Waals surface area contributed by atoms with Crippen molar-refractivity contribution in [1.29, 1.82) is 0 Å². The number of para-hydroxylation sites is 7. The van der Waals surface area contributed by atoms with Gasteiger partial charge in [0.25, 0.3) is 0 Å². The molecule has 0 atom stereocenters. The SMILES string of the molecule is CC1(C)c2ccccc2-c2ccc(-c3cc(-c4ccc(-c5ccccc5)cc4)nc(-n4c5ccccc5c5cc6oc7ccccc7c6cc54)n3)cc21.c1cc(-c2ccnc(-n3c4ccccc4c4cc5oc6ccccc6c5cc43)n2)cc(-c2cccc3c2sc2ccccc23)c1.c1ccc2c(c1)oc1c(-c3ccc(-c4ccnc(-n5c6ccccc6c6cc7sc8ccccc8c7cc65)n4)cc3)cccc12. The lowest BCUT2D eigenvalue weighted by Gasteiger charge is -2.22. The number of hydrogen-bond acceptors (Lipinski definition) is 11. The molecule has 0 radical (unpaired) electrons. The molecule has 1 aliphatic carbocycles. The Morgan fingerprint density at radius 2 is 0.615 bits per heavy atom. The summed E-state index contributed by atoms with van der Waals surface area (Å²) in [6.45, 7) is 4.65. The molecule has 14 heteroatoms. The van der Waals surface area contributed by atoms with E-state index in [0.29, 0.717) is 17.8 Å². The van der Waals surface area contributed by atoms with Gasteiger partial charge in [-0.2, -0.15) is 0 Å². The van der Waals surface area contributed by atoms with Gasteiger partial charge in [-0.3, -0.25) is 13.7 Å². The fraction of sp³-hybridized carbons (Fsp3) is 0.0233. The number of hydrogen-bond donors (Lipinski definition) is 0. The minimum Gasteiger partial charge on any atom is -0.456 e. The zero-order valence-electron chi connectivity index (χ0n) is 77.2. The van der Waals surface area contributed by atoms with E-state index in [1.807, 2.05) is 83.6 Å². The van der Waals surface area contributed by atoms with Gasteiger partial charge in [0.15, 0.2) is 0 Å². The maximum Gasteiger partial charge on any atom is 0.235 e. The molecule has 0 aliphatic heterocycles. The van der Waals surface area contributed by atoms with E-state index in [4.69, 9.17) is 43.2 Å². The minimum absolute atomic E-state index is 0.126. The summed E-state index contributed by atoms with van der Waals surface area (Å²) in [6, 6.07) is 152. The summed E-state index contributed by atoms with van der Waals surface area (Å²) in [5.41, 5.74) is 31.6. The van der Waals surface area contributed by atoms with Crippen LogP contribution in [0.15, 0.2) is 456 Å². The van der Waals surface area contributed by atoms with Crippen LogP contribution in [0, 0.1) is 0 Å². The summed E-state index contributed by atoms with van der Waals surface area (Å²) < 4.78 is 30.7. The van der Waals surface area contributed by atoms with Crippen molar-refractivity contribution in [2.75, 3.05) is 0 Å². The van der Waals surface area contributed by atoms with Crippen molar-refractivity contribution in [3.8, 4) is 107 Å². The monoisotopic (exact) mass is 1870 g/mol. The first-order valence-corrected chi connectivity index (χ1v) is 49.8. The third-order valence-corrected chi connectivity index (χ3v) is 31.4. The Bertz CT molecular complexity index is 10500. The average molecular weight is 1870 g/mol. The minimum atomic E-state index is -0.126. The highest BCUT2D eigenvalue weighted by atomic mass is 32.1. The van der Waals surface area contributed by atoms with Gasteiger partial charge < -0.3 is 13.3 Å². The standard InChI is InChI=1S/C49H33N3O.2C40H23N3OS/c1-49(2)40-17-9-6-14-34(40)35-25-24-33(26-41(35)49)43-29-42(32-22-20-31(21-23-32)30-12-4-3-5-13-30)50-48(51-43)52-44-18-10-7-15-36(44)38-28-47-39(27-45(38)52)37-16-8-11-19-46(37)53-47;1-4-16-34-27(11-1)31-23-37-32(28-12-2-5-17-36(28)44-37)22-35(31)43(34)40-41-20-19-33(42-40)25-10-7-9-24(21-25)26-14-8-15-30-29-13-3-6-18-38(29)45-39(26)30;1-4-13-34-27(8-1)31-23-38-32(29-10-3-6-15-37(29)45-38)22-35(31)43(34)40-41-21-20-33(42-40)25-18-16-24(17-19-25)26-11-7-12-30-28-9-2-5-14-36(28)44-39(26)30/h3-29H,1-2H3;2*1-23H. The van der Waals surface area contributed by atoms with Gasteiger partial charge in [-0.15, -0.1) is 22.7 Å². The number of fused-ring (bicyclic) bond motifs is 27. The number of aromatic nitrogens is 9. The molecule has 19 aromatic carbocycles. The van der Waals surface area contributed by atoms with Crippen molar-refractivity contribution in [1.82, 2.24) is 43.6 Å². The van der Waals surface area contributed by atoms with Crippen molar-refractivity contribution < 1.29 is 13.3 Å². The van der Waals surface area contributed by atoms with Crippen LogP contribution < -0.4 is 0 Å². The van der Waals surface area contributed by atoms with E-state index in [0.717, 1.165) is 177 Å². The zero-order chi connectivity index (χ0) is 94.2. The van der Waals surface area contributed by atoms with E-state index in [2.05, 4.69) is 410 Å². The Hall–Kier alpha value is -18.3. The largest absolute Gasteiger partial charge is 0.456 e. The Kier molecular flexibility index (Phi) is 18.5. The van der Waals surface area contributed by atoms with Crippen molar-refractivity contribution in [2.24, 2.45) is 0 Å². The van der Waals surface area contributed by atoms with Crippen LogP contribution in [0.3, 0.4) is 0 Å². The number of rotatable bonds is 10. The summed E-state index contributed by atoms with van der Waals surface area (Å²) >= 11 is 3.70. The van der Waals surface area contributed by atoms with E-state index in [1.165, 1.54) is 95.6 Å². The second-order valence-electron chi connectivity index (χ2n) is 37.5. The number of nitrogens with zero attached hydrogens (tertiary/aromatic N) is 9. The van der Waals surface area contributed by atoms with Crippen LogP contribution in [0.2, 0.25) is 0 Å². The lowest BCUT2D eigenvalue weighted by atomic mass is 9.82. The normalized spacial score (nSPS) is 12.5. The number of thiophene rings is 2. The lowest BCUT2D eigenvalue weighted by molar-refractivity contribution is 0.660. The second-order valence-corrected chi connectivity index (χ2v) is 39.6. The first kappa shape index (κ1) is 81.8. The summed E-state index contributed by atoms with van der Waals surface area (Å²) in [5.74, 6) is 1.93. The quantitative estimate of drug-likeness (QED) is 0.131. The Balaban J connectivity index is 0.000000103. The molecule has 31 rings (SSSR count). The van der Waals surface area contributed by atoms with Crippen molar-refractivity contribution >= 4 is 194 Å². The third kappa shape index (κ3) is 13.3. The van der Waals surface area contributed by atoms with Crippen LogP contribution in [0.25, 0.3) is 279 Å². The molecule has 0 amide bonds. The molecule has 1 aliphatic rings. The fourth-order valence-electron chi connectivity index (χ4n) is 22.2. The molecule has 0 unspecified atom stereocenters. The van der Waals surface area contributed by atoms with Crippen LogP contribution in [0.4, 0.5) is 0 Å². The second kappa shape index (κ2) is 32.4. The molecule has 11 aromatic heterocycles. The van der Waals surface area contributed by atoms with Crippen LogP contribution in [-0.2, 0) is 5.41 Å². The Labute approximate surface area is 825 Å². The lowest BCUT2D eigenvalue weighted by Crippen LogP contribution is -2.15. The van der Waals surface area contributed by atoms with E-state index < -0.39 is 0 Å². The number of furan rings is 3. The van der Waals surface area contributed by atoms with Gasteiger partial charge in [-0.25, -0.2) is 29.9 Å². The molecular formula is C129H79N9O3S2. The molecule has 0 saturated carbocycles. The van der Waals surface area contributed by atoms with Crippen molar-refractivity contribution in [3.63, 3.8) is 0 Å². The van der Waals surface area contributed by atoms with E-state index in [-0.39, 0.29) is 5.41 Å². The first-order valence-electron chi connectivity index (χ1n) is 48.1. The van der Waals surface area contributed by atoms with E-state index >= 15 is 0 Å². The molecule has 12 nitrogen and oxygen atoms in total. The highest BCUT2D eigenvalue weighted by molar-refractivity contribution is 7.26. The van der Waals surface area contributed by atoms with E-state index in [9.17, 15) is 0 Å². The molecule has 0 spiro atoms. The van der Waals surface area contributed by atoms with Gasteiger partial charge in [0.2, 0.25) is 17.8 Å². The first-order chi connectivity index (χ1) is 70.6. The maximum absolute atomic E-state index is 6.36. The summed E-state index contributed by atoms with van der Waals surface area (Å²) in [4.78, 5) is 30.7. The predicted molar refractivity (Wildman–Crippen MR) is 592 cm³/mol. The van der Waals surface area contributed by atoms with E-state index in [1.54, 1.807) is 0 Å². The summed E-state index contributed by atoms with van der Waals surface area (Å²) in [6.07, 6.45) is 3.73. The van der Waals surface area contributed by atoms with Gasteiger partial charge in [0, 0.05) is 151 Å². The number of benzene rings is 19. The van der Waals surface area contributed by atoms with Crippen LogP contribution in [0.1, 0.15) is 25.0 Å². The Morgan fingerprint density at radius 1 is 0.210 bits per heavy atom. The maximum atomic E-state index is 6.36. The molecule has 0 N–H and O–H groups in total. The average Bonchev–Trinajstić information content (AvgIpc) is 1.58. The molecule has 0 bridgehead atoms. The molecule has 0 saturated heterocycles. The topological polar surface area (TPSA) is 132 Å².